The Bertz CT molecular complexity index is 705. The maximum atomic E-state index is 12.0. The van der Waals surface area contributed by atoms with Gasteiger partial charge in [-0.1, -0.05) is 0 Å². The van der Waals surface area contributed by atoms with Crippen molar-refractivity contribution in [3.8, 4) is 23.1 Å². The van der Waals surface area contributed by atoms with Crippen LogP contribution < -0.4 is 4.74 Å². The average Bonchev–Trinajstić information content (AvgIpc) is 2.54. The number of esters is 1. The second-order valence-corrected chi connectivity index (χ2v) is 4.15. The zero-order valence-electron chi connectivity index (χ0n) is 11.8. The third kappa shape index (κ3) is 3.00. The highest BCUT2D eigenvalue weighted by Crippen LogP contribution is 2.27. The molecule has 0 amide bonds. The average molecular weight is 282 g/mol. The summed E-state index contributed by atoms with van der Waals surface area (Å²) in [5.41, 5.74) is 1.90. The molecular formula is C16H14N2O3. The summed E-state index contributed by atoms with van der Waals surface area (Å²) >= 11 is 0. The highest BCUT2D eigenvalue weighted by atomic mass is 16.5. The zero-order valence-corrected chi connectivity index (χ0v) is 11.8. The minimum Gasteiger partial charge on any atom is -0.495 e. The SMILES string of the molecule is CCOC(=O)c1cccnc1-c1ccc(OC)c(C#N)c1. The van der Waals surface area contributed by atoms with E-state index in [1.807, 2.05) is 0 Å². The van der Waals surface area contributed by atoms with Crippen LogP contribution >= 0.6 is 0 Å². The molecule has 5 heteroatoms. The topological polar surface area (TPSA) is 72.2 Å². The van der Waals surface area contributed by atoms with E-state index in [0.29, 0.717) is 34.7 Å². The van der Waals surface area contributed by atoms with E-state index in [1.54, 1.807) is 43.5 Å². The maximum absolute atomic E-state index is 12.0. The van der Waals surface area contributed by atoms with E-state index in [-0.39, 0.29) is 0 Å². The molecule has 1 heterocycles. The van der Waals surface area contributed by atoms with Gasteiger partial charge in [0, 0.05) is 11.8 Å². The van der Waals surface area contributed by atoms with Gasteiger partial charge < -0.3 is 9.47 Å². The second-order valence-electron chi connectivity index (χ2n) is 4.15. The van der Waals surface area contributed by atoms with Gasteiger partial charge in [0.05, 0.1) is 30.5 Å². The zero-order chi connectivity index (χ0) is 15.2. The minimum absolute atomic E-state index is 0.291. The minimum atomic E-state index is -0.435. The van der Waals surface area contributed by atoms with Crippen LogP contribution in [0.1, 0.15) is 22.8 Å². The molecule has 0 atom stereocenters. The molecule has 0 N–H and O–H groups in total. The number of carbonyl (C=O) groups is 1. The van der Waals surface area contributed by atoms with E-state index >= 15 is 0 Å². The van der Waals surface area contributed by atoms with E-state index in [1.165, 1.54) is 7.11 Å². The van der Waals surface area contributed by atoms with Crippen molar-refractivity contribution in [2.75, 3.05) is 13.7 Å². The molecule has 0 saturated heterocycles. The summed E-state index contributed by atoms with van der Waals surface area (Å²) in [6, 6.07) is 10.5. The van der Waals surface area contributed by atoms with Crippen molar-refractivity contribution in [1.29, 1.82) is 5.26 Å². The van der Waals surface area contributed by atoms with Crippen molar-refractivity contribution in [2.24, 2.45) is 0 Å². The van der Waals surface area contributed by atoms with Gasteiger partial charge in [-0.05, 0) is 37.3 Å². The number of nitriles is 1. The van der Waals surface area contributed by atoms with Crippen molar-refractivity contribution in [2.45, 2.75) is 6.92 Å². The van der Waals surface area contributed by atoms with Crippen molar-refractivity contribution >= 4 is 5.97 Å². The number of aromatic nitrogens is 1. The van der Waals surface area contributed by atoms with E-state index in [9.17, 15) is 4.79 Å². The standard InChI is InChI=1S/C16H14N2O3/c1-3-21-16(19)13-5-4-8-18-15(13)11-6-7-14(20-2)12(9-11)10-17/h4-9H,3H2,1-2H3. The highest BCUT2D eigenvalue weighted by Gasteiger charge is 2.16. The van der Waals surface area contributed by atoms with E-state index < -0.39 is 5.97 Å². The van der Waals surface area contributed by atoms with Gasteiger partial charge in [-0.3, -0.25) is 4.98 Å². The van der Waals surface area contributed by atoms with Gasteiger partial charge in [-0.15, -0.1) is 0 Å². The first-order valence-corrected chi connectivity index (χ1v) is 6.42. The number of methoxy groups -OCH3 is 1. The Labute approximate surface area is 122 Å². The number of benzene rings is 1. The summed E-state index contributed by atoms with van der Waals surface area (Å²) in [5, 5.41) is 9.14. The first-order valence-electron chi connectivity index (χ1n) is 6.42. The Balaban J connectivity index is 2.53. The number of rotatable bonds is 4. The number of nitrogens with zero attached hydrogens (tertiary/aromatic N) is 2. The molecule has 0 bridgehead atoms. The van der Waals surface area contributed by atoms with Gasteiger partial charge in [0.1, 0.15) is 11.8 Å². The van der Waals surface area contributed by atoms with Crippen LogP contribution in [0, 0.1) is 11.3 Å². The van der Waals surface area contributed by atoms with Crippen LogP contribution in [0.4, 0.5) is 0 Å². The van der Waals surface area contributed by atoms with Gasteiger partial charge in [0.25, 0.3) is 0 Å². The lowest BCUT2D eigenvalue weighted by Crippen LogP contribution is -2.07. The van der Waals surface area contributed by atoms with Crippen molar-refractivity contribution in [3.63, 3.8) is 0 Å². The second kappa shape index (κ2) is 6.53. The molecule has 2 aromatic rings. The Morgan fingerprint density at radius 1 is 1.38 bits per heavy atom. The summed E-state index contributed by atoms with van der Waals surface area (Å²) in [6.07, 6.45) is 1.59. The molecule has 106 valence electrons. The van der Waals surface area contributed by atoms with Crippen LogP contribution in [0.5, 0.6) is 5.75 Å². The van der Waals surface area contributed by atoms with Crippen LogP contribution in [-0.4, -0.2) is 24.7 Å². The smallest absolute Gasteiger partial charge is 0.340 e. The number of hydrogen-bond donors (Lipinski definition) is 0. The molecule has 0 aliphatic heterocycles. The summed E-state index contributed by atoms with van der Waals surface area (Å²) in [7, 11) is 1.50. The van der Waals surface area contributed by atoms with E-state index in [4.69, 9.17) is 14.7 Å². The number of ether oxygens (including phenoxy) is 2. The fraction of sp³-hybridized carbons (Fsp3) is 0.188. The van der Waals surface area contributed by atoms with Gasteiger partial charge >= 0.3 is 5.97 Å². The normalized spacial score (nSPS) is 9.76. The molecule has 1 aromatic heterocycles. The summed E-state index contributed by atoms with van der Waals surface area (Å²) in [6.45, 7) is 2.04. The molecule has 0 spiro atoms. The van der Waals surface area contributed by atoms with Crippen LogP contribution in [-0.2, 0) is 4.74 Å². The molecule has 0 aliphatic rings. The molecule has 0 unspecified atom stereocenters. The Kier molecular flexibility index (Phi) is 4.52. The van der Waals surface area contributed by atoms with Crippen molar-refractivity contribution < 1.29 is 14.3 Å². The summed E-state index contributed by atoms with van der Waals surface area (Å²) < 4.78 is 10.1. The van der Waals surface area contributed by atoms with Crippen molar-refractivity contribution in [3.05, 3.63) is 47.7 Å². The molecule has 21 heavy (non-hydrogen) atoms. The third-order valence-electron chi connectivity index (χ3n) is 2.90. The quantitative estimate of drug-likeness (QED) is 0.806. The van der Waals surface area contributed by atoms with Gasteiger partial charge in [-0.2, -0.15) is 5.26 Å². The van der Waals surface area contributed by atoms with E-state index in [2.05, 4.69) is 11.1 Å². The Morgan fingerprint density at radius 3 is 2.86 bits per heavy atom. The lowest BCUT2D eigenvalue weighted by atomic mass is 10.0. The maximum Gasteiger partial charge on any atom is 0.340 e. The van der Waals surface area contributed by atoms with Gasteiger partial charge in [0.15, 0.2) is 0 Å². The fourth-order valence-corrected chi connectivity index (χ4v) is 1.95. The Hall–Kier alpha value is -2.87. The lowest BCUT2D eigenvalue weighted by molar-refractivity contribution is 0.0527. The molecular weight excluding hydrogens is 268 g/mol. The van der Waals surface area contributed by atoms with Crippen LogP contribution in [0.25, 0.3) is 11.3 Å². The predicted octanol–water partition coefficient (Wildman–Crippen LogP) is 2.81. The molecule has 0 saturated carbocycles. The first kappa shape index (κ1) is 14.5. The van der Waals surface area contributed by atoms with E-state index in [0.717, 1.165) is 0 Å². The molecule has 1 aromatic carbocycles. The molecule has 0 aliphatic carbocycles. The first-order chi connectivity index (χ1) is 10.2. The highest BCUT2D eigenvalue weighted by molar-refractivity contribution is 5.96. The van der Waals surface area contributed by atoms with Crippen LogP contribution in [0.3, 0.4) is 0 Å². The van der Waals surface area contributed by atoms with Crippen LogP contribution in [0.15, 0.2) is 36.5 Å². The largest absolute Gasteiger partial charge is 0.495 e. The van der Waals surface area contributed by atoms with Crippen LogP contribution in [0.2, 0.25) is 0 Å². The Morgan fingerprint density at radius 2 is 2.19 bits per heavy atom. The molecule has 2 rings (SSSR count). The number of pyridine rings is 1. The third-order valence-corrected chi connectivity index (χ3v) is 2.90. The molecule has 5 nitrogen and oxygen atoms in total. The fourth-order valence-electron chi connectivity index (χ4n) is 1.95. The molecule has 0 radical (unpaired) electrons. The predicted molar refractivity (Wildman–Crippen MR) is 76.9 cm³/mol. The van der Waals surface area contributed by atoms with Gasteiger partial charge in [0.2, 0.25) is 0 Å². The van der Waals surface area contributed by atoms with Gasteiger partial charge in [-0.25, -0.2) is 4.79 Å². The summed E-state index contributed by atoms with van der Waals surface area (Å²) in [4.78, 5) is 16.2. The molecule has 0 fully saturated rings. The summed E-state index contributed by atoms with van der Waals surface area (Å²) in [5.74, 6) is 0.0461. The monoisotopic (exact) mass is 282 g/mol. The number of hydrogen-bond acceptors (Lipinski definition) is 5. The lowest BCUT2D eigenvalue weighted by Gasteiger charge is -2.09. The van der Waals surface area contributed by atoms with Crippen molar-refractivity contribution in [1.82, 2.24) is 4.98 Å². The number of carbonyl (C=O) groups excluding carboxylic acids is 1.